The molecule has 5 nitrogen and oxygen atoms in total. The summed E-state index contributed by atoms with van der Waals surface area (Å²) < 4.78 is 0. The lowest BCUT2D eigenvalue weighted by Crippen LogP contribution is -2.08. The van der Waals surface area contributed by atoms with E-state index in [4.69, 9.17) is 17.2 Å². The van der Waals surface area contributed by atoms with Gasteiger partial charge in [-0.15, -0.1) is 10.2 Å². The van der Waals surface area contributed by atoms with Gasteiger partial charge in [-0.05, 0) is 82.6 Å². The highest BCUT2D eigenvalue weighted by Gasteiger charge is 2.19. The van der Waals surface area contributed by atoms with E-state index in [1.165, 1.54) is 5.56 Å². The van der Waals surface area contributed by atoms with E-state index >= 15 is 0 Å². The molecule has 0 bridgehead atoms. The Morgan fingerprint density at radius 2 is 1.42 bits per heavy atom. The van der Waals surface area contributed by atoms with Gasteiger partial charge in [-0.3, -0.25) is 0 Å². The number of fused-ring (bicyclic) bond motifs is 3. The Balaban J connectivity index is 1.58. The molecule has 4 aromatic rings. The molecule has 1 aliphatic carbocycles. The number of anilines is 3. The van der Waals surface area contributed by atoms with Crippen LogP contribution in [0.5, 0.6) is 0 Å². The van der Waals surface area contributed by atoms with Crippen LogP contribution in [0.15, 0.2) is 66.7 Å². The van der Waals surface area contributed by atoms with Gasteiger partial charge in [-0.1, -0.05) is 42.5 Å². The van der Waals surface area contributed by atoms with Gasteiger partial charge in [0.1, 0.15) is 5.82 Å². The third-order valence-corrected chi connectivity index (χ3v) is 5.70. The van der Waals surface area contributed by atoms with Crippen molar-refractivity contribution in [2.24, 2.45) is 0 Å². The highest BCUT2D eigenvalue weighted by atomic mass is 15.1. The van der Waals surface area contributed by atoms with Crippen LogP contribution in [0.4, 0.5) is 17.2 Å². The largest absolute Gasteiger partial charge is 0.399 e. The van der Waals surface area contributed by atoms with Crippen molar-refractivity contribution in [3.8, 4) is 22.4 Å². The quantitative estimate of drug-likeness (QED) is 0.335. The van der Waals surface area contributed by atoms with Crippen molar-refractivity contribution in [1.82, 2.24) is 10.2 Å². The molecule has 0 unspecified atom stereocenters. The van der Waals surface area contributed by atoms with Gasteiger partial charge in [0.05, 0.1) is 5.69 Å². The van der Waals surface area contributed by atoms with Crippen molar-refractivity contribution in [1.29, 1.82) is 0 Å². The van der Waals surface area contributed by atoms with E-state index in [2.05, 4.69) is 40.5 Å². The maximum atomic E-state index is 6.15. The molecule has 0 spiro atoms. The van der Waals surface area contributed by atoms with Gasteiger partial charge in [0.15, 0.2) is 0 Å². The molecule has 0 saturated heterocycles. The molecule has 0 aliphatic heterocycles. The van der Waals surface area contributed by atoms with Crippen LogP contribution in [0.25, 0.3) is 34.5 Å². The lowest BCUT2D eigenvalue weighted by atomic mass is 9.86. The predicted octanol–water partition coefficient (Wildman–Crippen LogP) is 4.83. The second kappa shape index (κ2) is 7.61. The third kappa shape index (κ3) is 3.73. The smallest absolute Gasteiger partial charge is 0.146 e. The molecule has 0 amide bonds. The number of nitrogens with zero attached hydrogens (tertiary/aromatic N) is 2. The van der Waals surface area contributed by atoms with E-state index in [0.29, 0.717) is 5.82 Å². The van der Waals surface area contributed by atoms with Gasteiger partial charge in [0.25, 0.3) is 0 Å². The summed E-state index contributed by atoms with van der Waals surface area (Å²) in [5.74, 6) is 0.462. The minimum atomic E-state index is 0.462. The first-order valence-corrected chi connectivity index (χ1v) is 10.3. The molecule has 0 saturated carbocycles. The van der Waals surface area contributed by atoms with E-state index < -0.39 is 0 Å². The Labute approximate surface area is 181 Å². The molecule has 31 heavy (non-hydrogen) atoms. The second-order valence-corrected chi connectivity index (χ2v) is 7.86. The number of nitrogen functional groups attached to an aromatic ring is 3. The zero-order valence-corrected chi connectivity index (χ0v) is 17.0. The molecule has 3 aromatic carbocycles. The van der Waals surface area contributed by atoms with Crippen molar-refractivity contribution >= 4 is 29.3 Å². The average molecular weight is 406 g/mol. The summed E-state index contributed by atoms with van der Waals surface area (Å²) in [6.07, 6.45) is 6.08. The Morgan fingerprint density at radius 1 is 0.645 bits per heavy atom. The number of aromatic nitrogens is 2. The van der Waals surface area contributed by atoms with Gasteiger partial charge in [-0.2, -0.15) is 0 Å². The first-order chi connectivity index (χ1) is 15.1. The summed E-state index contributed by atoms with van der Waals surface area (Å²) in [5, 5.41) is 8.48. The number of benzene rings is 3. The monoisotopic (exact) mass is 405 g/mol. The zero-order chi connectivity index (χ0) is 21.4. The summed E-state index contributed by atoms with van der Waals surface area (Å²) in [6, 6.07) is 22.3. The molecule has 1 aromatic heterocycles. The molecular formula is C26H23N5. The van der Waals surface area contributed by atoms with Crippen LogP contribution >= 0.6 is 0 Å². The number of hydrogen-bond acceptors (Lipinski definition) is 5. The summed E-state index contributed by atoms with van der Waals surface area (Å²) >= 11 is 0. The van der Waals surface area contributed by atoms with Crippen LogP contribution in [-0.4, -0.2) is 10.2 Å². The van der Waals surface area contributed by atoms with Gasteiger partial charge in [0.2, 0.25) is 0 Å². The maximum Gasteiger partial charge on any atom is 0.146 e. The summed E-state index contributed by atoms with van der Waals surface area (Å²) in [5.41, 5.74) is 28.1. The van der Waals surface area contributed by atoms with Crippen molar-refractivity contribution in [2.45, 2.75) is 12.8 Å². The van der Waals surface area contributed by atoms with Crippen molar-refractivity contribution in [2.75, 3.05) is 17.2 Å². The van der Waals surface area contributed by atoms with E-state index in [1.54, 1.807) is 0 Å². The molecule has 152 valence electrons. The predicted molar refractivity (Wildman–Crippen MR) is 129 cm³/mol. The van der Waals surface area contributed by atoms with Crippen LogP contribution < -0.4 is 17.2 Å². The number of nitrogens with two attached hydrogens (primary N) is 3. The average Bonchev–Trinajstić information content (AvgIpc) is 2.78. The molecule has 5 heteroatoms. The first kappa shape index (κ1) is 18.9. The third-order valence-electron chi connectivity index (χ3n) is 5.70. The normalized spacial score (nSPS) is 12.5. The zero-order valence-electron chi connectivity index (χ0n) is 17.0. The van der Waals surface area contributed by atoms with E-state index in [-0.39, 0.29) is 0 Å². The number of rotatable bonds is 3. The Hall–Kier alpha value is -4.12. The molecule has 5 rings (SSSR count). The van der Waals surface area contributed by atoms with E-state index in [1.807, 2.05) is 48.5 Å². The van der Waals surface area contributed by atoms with Crippen LogP contribution in [0, 0.1) is 0 Å². The Bertz CT molecular complexity index is 1310. The summed E-state index contributed by atoms with van der Waals surface area (Å²) in [4.78, 5) is 0. The van der Waals surface area contributed by atoms with Gasteiger partial charge in [-0.25, -0.2) is 0 Å². The molecular weight excluding hydrogens is 382 g/mol. The van der Waals surface area contributed by atoms with Gasteiger partial charge in [0, 0.05) is 16.9 Å². The lowest BCUT2D eigenvalue weighted by Gasteiger charge is -2.20. The topological polar surface area (TPSA) is 104 Å². The van der Waals surface area contributed by atoms with Crippen LogP contribution in [-0.2, 0) is 12.8 Å². The van der Waals surface area contributed by atoms with Crippen molar-refractivity contribution in [3.05, 3.63) is 89.0 Å². The molecule has 6 N–H and O–H groups in total. The fraction of sp³-hybridized carbons (Fsp3) is 0.0769. The summed E-state index contributed by atoms with van der Waals surface area (Å²) in [7, 11) is 0. The van der Waals surface area contributed by atoms with Crippen molar-refractivity contribution < 1.29 is 0 Å². The minimum absolute atomic E-state index is 0.462. The molecule has 1 aliphatic rings. The highest BCUT2D eigenvalue weighted by Crippen LogP contribution is 2.37. The number of hydrogen-bond donors (Lipinski definition) is 3. The van der Waals surface area contributed by atoms with Gasteiger partial charge >= 0.3 is 0 Å². The van der Waals surface area contributed by atoms with Crippen LogP contribution in [0.2, 0.25) is 0 Å². The SMILES string of the molecule is Nc1ccc(/C=C/c2ccc(N)cc2-c2ccc3c(c2)-c2nnc(N)cc2CC3)cc1. The first-order valence-electron chi connectivity index (χ1n) is 10.3. The van der Waals surface area contributed by atoms with Crippen LogP contribution in [0.3, 0.4) is 0 Å². The maximum absolute atomic E-state index is 6.15. The van der Waals surface area contributed by atoms with E-state index in [9.17, 15) is 0 Å². The van der Waals surface area contributed by atoms with E-state index in [0.717, 1.165) is 63.3 Å². The Morgan fingerprint density at radius 3 is 2.26 bits per heavy atom. The summed E-state index contributed by atoms with van der Waals surface area (Å²) in [6.45, 7) is 0. The Kier molecular flexibility index (Phi) is 4.64. The highest BCUT2D eigenvalue weighted by molar-refractivity contribution is 5.85. The fourth-order valence-electron chi connectivity index (χ4n) is 4.08. The molecule has 1 heterocycles. The fourth-order valence-corrected chi connectivity index (χ4v) is 4.08. The van der Waals surface area contributed by atoms with Crippen molar-refractivity contribution in [3.63, 3.8) is 0 Å². The molecule has 0 atom stereocenters. The second-order valence-electron chi connectivity index (χ2n) is 7.86. The standard InChI is InChI=1S/C26H23N5/c27-21-10-2-16(3-11-21)1-4-17-9-12-22(28)15-23(17)19-7-5-18-6-8-20-14-25(29)30-31-26(20)24(18)13-19/h1-5,7,9-15H,6,8,27-28H2,(H2,29,30)/b4-1+. The van der Waals surface area contributed by atoms with Crippen LogP contribution in [0.1, 0.15) is 22.3 Å². The van der Waals surface area contributed by atoms with Gasteiger partial charge < -0.3 is 17.2 Å². The minimum Gasteiger partial charge on any atom is -0.399 e. The molecule has 0 fully saturated rings. The molecule has 0 radical (unpaired) electrons. The number of aryl methyl sites for hydroxylation is 2. The lowest BCUT2D eigenvalue weighted by molar-refractivity contribution is 0.900.